The predicted molar refractivity (Wildman–Crippen MR) is 111 cm³/mol. The Balaban J connectivity index is 1.35. The third-order valence-electron chi connectivity index (χ3n) is 5.55. The molecule has 2 heteroatoms. The van der Waals surface area contributed by atoms with Gasteiger partial charge in [-0.2, -0.15) is 0 Å². The maximum Gasteiger partial charge on any atom is 0.0479 e. The van der Waals surface area contributed by atoms with Crippen LogP contribution in [0.15, 0.2) is 83.3 Å². The van der Waals surface area contributed by atoms with Gasteiger partial charge in [0, 0.05) is 23.5 Å². The molecule has 26 heavy (non-hydrogen) atoms. The van der Waals surface area contributed by atoms with Crippen molar-refractivity contribution in [2.24, 2.45) is 0 Å². The van der Waals surface area contributed by atoms with Crippen molar-refractivity contribution in [3.05, 3.63) is 83.3 Å². The molecule has 4 aliphatic carbocycles. The Bertz CT molecular complexity index is 727. The molecule has 136 valence electrons. The van der Waals surface area contributed by atoms with E-state index in [1.165, 1.54) is 41.8 Å². The van der Waals surface area contributed by atoms with Crippen LogP contribution in [-0.2, 0) is 0 Å². The van der Waals surface area contributed by atoms with Crippen LogP contribution in [-0.4, -0.2) is 12.1 Å². The van der Waals surface area contributed by atoms with E-state index in [1.54, 1.807) is 0 Å². The van der Waals surface area contributed by atoms with E-state index in [-0.39, 0.29) is 0 Å². The SMILES string of the molecule is C1=CCCC(NC2C=CC(C3=CCCC(NC4C=CCCC4)=C3)=CC2)=C1. The molecule has 0 amide bonds. The molecule has 0 aromatic carbocycles. The van der Waals surface area contributed by atoms with Crippen LogP contribution in [0.4, 0.5) is 0 Å². The fourth-order valence-corrected chi connectivity index (χ4v) is 4.09. The van der Waals surface area contributed by atoms with E-state index in [1.807, 2.05) is 0 Å². The van der Waals surface area contributed by atoms with E-state index < -0.39 is 0 Å². The summed E-state index contributed by atoms with van der Waals surface area (Å²) in [5, 5.41) is 7.41. The van der Waals surface area contributed by atoms with Gasteiger partial charge in [0.15, 0.2) is 0 Å². The van der Waals surface area contributed by atoms with E-state index in [0.717, 1.165) is 32.1 Å². The lowest BCUT2D eigenvalue weighted by Gasteiger charge is -2.25. The Morgan fingerprint density at radius 1 is 0.808 bits per heavy atom. The average Bonchev–Trinajstić information content (AvgIpc) is 2.70. The van der Waals surface area contributed by atoms with E-state index in [0.29, 0.717) is 12.1 Å². The minimum Gasteiger partial charge on any atom is -0.382 e. The molecule has 4 aliphatic rings. The first kappa shape index (κ1) is 17.2. The smallest absolute Gasteiger partial charge is 0.0479 e. The molecule has 2 atom stereocenters. The number of nitrogens with one attached hydrogen (secondary N) is 2. The summed E-state index contributed by atoms with van der Waals surface area (Å²) in [5.41, 5.74) is 5.52. The van der Waals surface area contributed by atoms with Gasteiger partial charge in [-0.05, 0) is 74.7 Å². The summed E-state index contributed by atoms with van der Waals surface area (Å²) in [5.74, 6) is 0. The van der Waals surface area contributed by atoms with Crippen LogP contribution >= 0.6 is 0 Å². The maximum atomic E-state index is 3.75. The van der Waals surface area contributed by atoms with E-state index in [2.05, 4.69) is 71.4 Å². The Hall–Kier alpha value is -2.22. The zero-order valence-electron chi connectivity index (χ0n) is 15.6. The van der Waals surface area contributed by atoms with Gasteiger partial charge >= 0.3 is 0 Å². The molecule has 0 bridgehead atoms. The summed E-state index contributed by atoms with van der Waals surface area (Å²) in [4.78, 5) is 0. The molecule has 2 nitrogen and oxygen atoms in total. The van der Waals surface area contributed by atoms with Crippen molar-refractivity contribution in [3.8, 4) is 0 Å². The highest BCUT2D eigenvalue weighted by Crippen LogP contribution is 2.26. The van der Waals surface area contributed by atoms with Crippen molar-refractivity contribution in [2.75, 3.05) is 0 Å². The number of hydrogen-bond acceptors (Lipinski definition) is 2. The zero-order valence-corrected chi connectivity index (χ0v) is 15.6. The van der Waals surface area contributed by atoms with Crippen LogP contribution in [0, 0.1) is 0 Å². The molecule has 0 aliphatic heterocycles. The zero-order chi connectivity index (χ0) is 17.6. The first-order valence-electron chi connectivity index (χ1n) is 10.2. The lowest BCUT2D eigenvalue weighted by molar-refractivity contribution is 0.556. The van der Waals surface area contributed by atoms with Gasteiger partial charge in [0.25, 0.3) is 0 Å². The molecule has 2 unspecified atom stereocenters. The van der Waals surface area contributed by atoms with E-state index in [4.69, 9.17) is 0 Å². The molecule has 0 aromatic rings. The molecule has 0 fully saturated rings. The van der Waals surface area contributed by atoms with E-state index >= 15 is 0 Å². The molecule has 2 N–H and O–H groups in total. The quantitative estimate of drug-likeness (QED) is 0.654. The van der Waals surface area contributed by atoms with Gasteiger partial charge in [-0.1, -0.05) is 48.6 Å². The molecule has 0 aromatic heterocycles. The van der Waals surface area contributed by atoms with Crippen molar-refractivity contribution in [1.29, 1.82) is 0 Å². The monoisotopic (exact) mass is 346 g/mol. The normalized spacial score (nSPS) is 28.0. The Morgan fingerprint density at radius 2 is 1.73 bits per heavy atom. The van der Waals surface area contributed by atoms with Crippen LogP contribution in [0.2, 0.25) is 0 Å². The van der Waals surface area contributed by atoms with Gasteiger partial charge in [-0.15, -0.1) is 0 Å². The van der Waals surface area contributed by atoms with Gasteiger partial charge in [-0.3, -0.25) is 0 Å². The van der Waals surface area contributed by atoms with Crippen LogP contribution in [0.3, 0.4) is 0 Å². The summed E-state index contributed by atoms with van der Waals surface area (Å²) in [6.07, 6.45) is 32.5. The fraction of sp³-hybridized carbons (Fsp3) is 0.417. The van der Waals surface area contributed by atoms with Crippen LogP contribution in [0.5, 0.6) is 0 Å². The fourth-order valence-electron chi connectivity index (χ4n) is 4.09. The van der Waals surface area contributed by atoms with Crippen LogP contribution in [0.1, 0.15) is 51.4 Å². The Kier molecular flexibility index (Phi) is 5.59. The minimum atomic E-state index is 0.426. The van der Waals surface area contributed by atoms with Crippen molar-refractivity contribution >= 4 is 0 Å². The van der Waals surface area contributed by atoms with Crippen LogP contribution in [0.25, 0.3) is 0 Å². The second-order valence-corrected chi connectivity index (χ2v) is 7.64. The molecule has 4 rings (SSSR count). The first-order chi connectivity index (χ1) is 12.9. The lowest BCUT2D eigenvalue weighted by atomic mass is 9.92. The third-order valence-corrected chi connectivity index (χ3v) is 5.55. The summed E-state index contributed by atoms with van der Waals surface area (Å²) in [6.45, 7) is 0. The third kappa shape index (κ3) is 4.49. The van der Waals surface area contributed by atoms with E-state index in [9.17, 15) is 0 Å². The van der Waals surface area contributed by atoms with Crippen molar-refractivity contribution in [2.45, 2.75) is 63.5 Å². The highest BCUT2D eigenvalue weighted by molar-refractivity contribution is 5.50. The summed E-state index contributed by atoms with van der Waals surface area (Å²) < 4.78 is 0. The van der Waals surface area contributed by atoms with Gasteiger partial charge in [0.2, 0.25) is 0 Å². The summed E-state index contributed by atoms with van der Waals surface area (Å²) in [6, 6.07) is 0.950. The number of allylic oxidation sites excluding steroid dienone is 11. The van der Waals surface area contributed by atoms with Gasteiger partial charge in [0.05, 0.1) is 0 Å². The van der Waals surface area contributed by atoms with Gasteiger partial charge < -0.3 is 10.6 Å². The van der Waals surface area contributed by atoms with Crippen LogP contribution < -0.4 is 10.6 Å². The molecular formula is C24H30N2. The number of rotatable bonds is 5. The highest BCUT2D eigenvalue weighted by atomic mass is 14.9. The lowest BCUT2D eigenvalue weighted by Crippen LogP contribution is -2.29. The highest BCUT2D eigenvalue weighted by Gasteiger charge is 2.15. The summed E-state index contributed by atoms with van der Waals surface area (Å²) in [7, 11) is 0. The Labute approximate surface area is 157 Å². The number of hydrogen-bond donors (Lipinski definition) is 2. The minimum absolute atomic E-state index is 0.426. The molecular weight excluding hydrogens is 316 g/mol. The van der Waals surface area contributed by atoms with Gasteiger partial charge in [0.1, 0.15) is 0 Å². The summed E-state index contributed by atoms with van der Waals surface area (Å²) >= 11 is 0. The van der Waals surface area contributed by atoms with Crippen molar-refractivity contribution in [1.82, 2.24) is 10.6 Å². The Morgan fingerprint density at radius 3 is 2.50 bits per heavy atom. The largest absolute Gasteiger partial charge is 0.382 e. The molecule has 0 spiro atoms. The first-order valence-corrected chi connectivity index (χ1v) is 10.2. The standard InChI is InChI=1S/C24H30N2/c1-3-9-21(10-4-1)25-23-16-14-19(15-17-23)20-8-7-13-24(18-20)26-22-11-5-2-6-12-22/h1,3,5,8-9,11,14-16,18,22-23,25-26H,2,4,6-7,10,12-13,17H2. The average molecular weight is 347 g/mol. The second kappa shape index (κ2) is 8.44. The topological polar surface area (TPSA) is 24.1 Å². The molecule has 0 radical (unpaired) electrons. The van der Waals surface area contributed by atoms with Crippen molar-refractivity contribution < 1.29 is 0 Å². The second-order valence-electron chi connectivity index (χ2n) is 7.64. The molecule has 0 saturated carbocycles. The molecule has 0 saturated heterocycles. The van der Waals surface area contributed by atoms with Crippen molar-refractivity contribution in [3.63, 3.8) is 0 Å². The van der Waals surface area contributed by atoms with Gasteiger partial charge in [-0.25, -0.2) is 0 Å². The molecule has 0 heterocycles. The predicted octanol–water partition coefficient (Wildman–Crippen LogP) is 5.37. The maximum absolute atomic E-state index is 3.75.